The molecule has 0 atom stereocenters. The lowest BCUT2D eigenvalue weighted by molar-refractivity contribution is 0.320. The Morgan fingerprint density at radius 1 is 0.920 bits per heavy atom. The Kier molecular flexibility index (Phi) is 4.13. The molecule has 0 radical (unpaired) electrons. The summed E-state index contributed by atoms with van der Waals surface area (Å²) in [6.45, 7) is 1.15. The number of hydrogen-bond donors (Lipinski definition) is 0. The fourth-order valence-corrected chi connectivity index (χ4v) is 5.34. The van der Waals surface area contributed by atoms with Crippen LogP contribution >= 0.6 is 0 Å². The third-order valence-electron chi connectivity index (χ3n) is 5.20. The maximum absolute atomic E-state index is 12.8. The lowest BCUT2D eigenvalue weighted by Crippen LogP contribution is -2.37. The van der Waals surface area contributed by atoms with Crippen LogP contribution in [-0.2, 0) is 17.1 Å². The molecule has 4 nitrogen and oxygen atoms in total. The number of rotatable bonds is 3. The number of sulfonamides is 1. The molecule has 0 unspecified atom stereocenters. The number of piperidine rings is 1. The molecule has 2 heterocycles. The highest BCUT2D eigenvalue weighted by molar-refractivity contribution is 7.89. The van der Waals surface area contributed by atoms with Crippen LogP contribution in [0.2, 0.25) is 0 Å². The lowest BCUT2D eigenvalue weighted by Gasteiger charge is -2.31. The summed E-state index contributed by atoms with van der Waals surface area (Å²) in [5.74, 6) is 0.410. The van der Waals surface area contributed by atoms with Gasteiger partial charge in [0.1, 0.15) is 0 Å². The Morgan fingerprint density at radius 3 is 2.28 bits per heavy atom. The van der Waals surface area contributed by atoms with Crippen molar-refractivity contribution in [3.8, 4) is 0 Å². The van der Waals surface area contributed by atoms with Crippen molar-refractivity contribution >= 4 is 20.9 Å². The van der Waals surface area contributed by atoms with Gasteiger partial charge in [-0.1, -0.05) is 36.4 Å². The highest BCUT2D eigenvalue weighted by Gasteiger charge is 2.30. The van der Waals surface area contributed by atoms with Crippen molar-refractivity contribution in [3.63, 3.8) is 0 Å². The van der Waals surface area contributed by atoms with E-state index >= 15 is 0 Å². The summed E-state index contributed by atoms with van der Waals surface area (Å²) in [7, 11) is -1.31. The summed E-state index contributed by atoms with van der Waals surface area (Å²) in [6.07, 6.45) is 3.93. The van der Waals surface area contributed by atoms with Crippen LogP contribution < -0.4 is 0 Å². The van der Waals surface area contributed by atoms with Gasteiger partial charge in [0.15, 0.2) is 0 Å². The fraction of sp³-hybridized carbons (Fsp3) is 0.300. The van der Waals surface area contributed by atoms with Gasteiger partial charge in [-0.2, -0.15) is 4.31 Å². The fourth-order valence-electron chi connectivity index (χ4n) is 3.85. The third kappa shape index (κ3) is 2.87. The van der Waals surface area contributed by atoms with E-state index in [1.165, 1.54) is 16.5 Å². The molecule has 130 valence electrons. The number of nitrogens with zero attached hydrogens (tertiary/aromatic N) is 2. The first-order chi connectivity index (χ1) is 12.1. The Morgan fingerprint density at radius 2 is 1.56 bits per heavy atom. The zero-order valence-corrected chi connectivity index (χ0v) is 15.1. The van der Waals surface area contributed by atoms with Crippen LogP contribution in [-0.4, -0.2) is 30.4 Å². The minimum atomic E-state index is -3.38. The van der Waals surface area contributed by atoms with Crippen molar-refractivity contribution in [1.29, 1.82) is 0 Å². The molecule has 5 heteroatoms. The summed E-state index contributed by atoms with van der Waals surface area (Å²) < 4.78 is 29.3. The molecular formula is C20H22N2O2S. The molecule has 0 saturated carbocycles. The molecular weight excluding hydrogens is 332 g/mol. The summed E-state index contributed by atoms with van der Waals surface area (Å²) in [5.41, 5.74) is 2.58. The molecule has 1 saturated heterocycles. The van der Waals surface area contributed by atoms with E-state index in [1.54, 1.807) is 28.6 Å². The topological polar surface area (TPSA) is 42.3 Å². The zero-order valence-electron chi connectivity index (χ0n) is 14.3. The Bertz CT molecular complexity index is 985. The van der Waals surface area contributed by atoms with Crippen LogP contribution in [0, 0.1) is 0 Å². The van der Waals surface area contributed by atoms with E-state index < -0.39 is 10.0 Å². The number of aromatic nitrogens is 1. The molecule has 1 aliphatic rings. The smallest absolute Gasteiger partial charge is 0.243 e. The molecule has 0 bridgehead atoms. The second-order valence-electron chi connectivity index (χ2n) is 6.70. The van der Waals surface area contributed by atoms with Gasteiger partial charge in [0.05, 0.1) is 4.90 Å². The van der Waals surface area contributed by atoms with Gasteiger partial charge >= 0.3 is 0 Å². The first kappa shape index (κ1) is 16.4. The van der Waals surface area contributed by atoms with E-state index in [0.717, 1.165) is 12.8 Å². The Balaban J connectivity index is 1.55. The minimum Gasteiger partial charge on any atom is -0.350 e. The molecule has 0 aliphatic carbocycles. The largest absolute Gasteiger partial charge is 0.350 e. The zero-order chi connectivity index (χ0) is 17.4. The molecule has 1 aromatic heterocycles. The van der Waals surface area contributed by atoms with Gasteiger partial charge in [0.25, 0.3) is 0 Å². The molecule has 25 heavy (non-hydrogen) atoms. The van der Waals surface area contributed by atoms with Crippen LogP contribution in [0.5, 0.6) is 0 Å². The van der Waals surface area contributed by atoms with Crippen LogP contribution in [0.15, 0.2) is 65.7 Å². The van der Waals surface area contributed by atoms with E-state index in [4.69, 9.17) is 0 Å². The van der Waals surface area contributed by atoms with Crippen molar-refractivity contribution in [1.82, 2.24) is 8.87 Å². The Hall–Kier alpha value is -2.11. The average Bonchev–Trinajstić information content (AvgIpc) is 3.00. The summed E-state index contributed by atoms with van der Waals surface area (Å²) in [6, 6.07) is 17.2. The molecule has 0 spiro atoms. The normalized spacial score (nSPS) is 17.2. The van der Waals surface area contributed by atoms with E-state index in [1.807, 2.05) is 6.07 Å². The van der Waals surface area contributed by atoms with Crippen molar-refractivity contribution in [2.24, 2.45) is 7.05 Å². The first-order valence-electron chi connectivity index (χ1n) is 8.66. The van der Waals surface area contributed by atoms with Gasteiger partial charge in [-0.25, -0.2) is 8.42 Å². The second-order valence-corrected chi connectivity index (χ2v) is 8.64. The van der Waals surface area contributed by atoms with Crippen molar-refractivity contribution in [2.45, 2.75) is 23.7 Å². The number of para-hydroxylation sites is 1. The molecule has 1 aliphatic heterocycles. The summed E-state index contributed by atoms with van der Waals surface area (Å²) in [4.78, 5) is 0.388. The van der Waals surface area contributed by atoms with Gasteiger partial charge in [0, 0.05) is 37.2 Å². The number of hydrogen-bond acceptors (Lipinski definition) is 2. The van der Waals surface area contributed by atoms with Crippen LogP contribution in [0.1, 0.15) is 24.3 Å². The van der Waals surface area contributed by atoms with Gasteiger partial charge < -0.3 is 4.57 Å². The molecule has 1 fully saturated rings. The average molecular weight is 354 g/mol. The van der Waals surface area contributed by atoms with Crippen molar-refractivity contribution in [2.75, 3.05) is 13.1 Å². The molecule has 3 aromatic rings. The number of fused-ring (bicyclic) bond motifs is 1. The standard InChI is InChI=1S/C20H22N2O2S/c1-21-15-19(18-9-5-6-10-20(18)21)16-11-13-22(14-12-16)25(23,24)17-7-3-2-4-8-17/h2-10,15-16H,11-14H2,1H3. The van der Waals surface area contributed by atoms with Gasteiger partial charge in [-0.3, -0.25) is 0 Å². The number of aryl methyl sites for hydroxylation is 1. The summed E-state index contributed by atoms with van der Waals surface area (Å²) >= 11 is 0. The van der Waals surface area contributed by atoms with E-state index in [0.29, 0.717) is 23.9 Å². The first-order valence-corrected chi connectivity index (χ1v) is 10.1. The maximum Gasteiger partial charge on any atom is 0.243 e. The third-order valence-corrected chi connectivity index (χ3v) is 7.12. The van der Waals surface area contributed by atoms with Gasteiger partial charge in [-0.05, 0) is 42.5 Å². The maximum atomic E-state index is 12.8. The molecule has 0 amide bonds. The van der Waals surface area contributed by atoms with Crippen molar-refractivity contribution in [3.05, 3.63) is 66.4 Å². The van der Waals surface area contributed by atoms with E-state index in [-0.39, 0.29) is 0 Å². The minimum absolute atomic E-state index is 0.388. The van der Waals surface area contributed by atoms with E-state index in [9.17, 15) is 8.42 Å². The molecule has 4 rings (SSSR count). The summed E-state index contributed by atoms with van der Waals surface area (Å²) in [5, 5.41) is 1.29. The molecule has 0 N–H and O–H groups in total. The predicted octanol–water partition coefficient (Wildman–Crippen LogP) is 3.75. The van der Waals surface area contributed by atoms with Crippen LogP contribution in [0.25, 0.3) is 10.9 Å². The second kappa shape index (κ2) is 6.32. The monoisotopic (exact) mass is 354 g/mol. The highest BCUT2D eigenvalue weighted by Crippen LogP contribution is 2.35. The Labute approximate surface area is 148 Å². The lowest BCUT2D eigenvalue weighted by atomic mass is 9.90. The number of benzene rings is 2. The molecule has 2 aromatic carbocycles. The van der Waals surface area contributed by atoms with Gasteiger partial charge in [0.2, 0.25) is 10.0 Å². The SMILES string of the molecule is Cn1cc(C2CCN(S(=O)(=O)c3ccccc3)CC2)c2ccccc21. The van der Waals surface area contributed by atoms with Crippen LogP contribution in [0.4, 0.5) is 0 Å². The van der Waals surface area contributed by atoms with Gasteiger partial charge in [-0.15, -0.1) is 0 Å². The highest BCUT2D eigenvalue weighted by atomic mass is 32.2. The van der Waals surface area contributed by atoms with Crippen LogP contribution in [0.3, 0.4) is 0 Å². The van der Waals surface area contributed by atoms with E-state index in [2.05, 4.69) is 42.1 Å². The predicted molar refractivity (Wildman–Crippen MR) is 100 cm³/mol. The van der Waals surface area contributed by atoms with Crippen molar-refractivity contribution < 1.29 is 8.42 Å². The quantitative estimate of drug-likeness (QED) is 0.719.